The van der Waals surface area contributed by atoms with Crippen molar-refractivity contribution >= 4 is 0 Å². The Balaban J connectivity index is 2.25. The summed E-state index contributed by atoms with van der Waals surface area (Å²) in [6, 6.07) is 0. The molecule has 0 bridgehead atoms. The Hall–Kier alpha value is -0.520. The van der Waals surface area contributed by atoms with Gasteiger partial charge in [0.2, 0.25) is 0 Å². The summed E-state index contributed by atoms with van der Waals surface area (Å²) in [5, 5.41) is 0. The second kappa shape index (κ2) is 3.47. The van der Waals surface area contributed by atoms with Gasteiger partial charge in [-0.1, -0.05) is 23.3 Å². The van der Waals surface area contributed by atoms with E-state index in [1.54, 1.807) is 11.1 Å². The highest BCUT2D eigenvalue weighted by Gasteiger charge is 2.21. The van der Waals surface area contributed by atoms with Gasteiger partial charge in [-0.2, -0.15) is 0 Å². The van der Waals surface area contributed by atoms with Crippen LogP contribution in [0.1, 0.15) is 45.4 Å². The van der Waals surface area contributed by atoms with Gasteiger partial charge in [-0.05, 0) is 51.4 Å². The molecular formula is C12H18. The average molecular weight is 162 g/mol. The van der Waals surface area contributed by atoms with Gasteiger partial charge in [-0.25, -0.2) is 0 Å². The first-order valence-electron chi connectivity index (χ1n) is 5.24. The molecule has 2 aliphatic carbocycles. The highest BCUT2D eigenvalue weighted by atomic mass is 14.3. The minimum atomic E-state index is 0.954. The molecule has 0 nitrogen and oxygen atoms in total. The zero-order valence-corrected chi connectivity index (χ0v) is 7.97. The zero-order valence-electron chi connectivity index (χ0n) is 7.97. The van der Waals surface area contributed by atoms with Crippen molar-refractivity contribution in [3.63, 3.8) is 0 Å². The lowest BCUT2D eigenvalue weighted by atomic mass is 9.91. The molecule has 66 valence electrons. The second-order valence-electron chi connectivity index (χ2n) is 4.13. The van der Waals surface area contributed by atoms with E-state index in [0.29, 0.717) is 0 Å². The molecular weight excluding hydrogens is 144 g/mol. The molecule has 1 unspecified atom stereocenters. The van der Waals surface area contributed by atoms with Crippen LogP contribution in [0.2, 0.25) is 0 Å². The van der Waals surface area contributed by atoms with Gasteiger partial charge in [0.05, 0.1) is 0 Å². The SMILES string of the molecule is C/C1=C2\CCCC2CCCC=C1. The minimum Gasteiger partial charge on any atom is -0.0843 e. The van der Waals surface area contributed by atoms with Crippen molar-refractivity contribution in [1.29, 1.82) is 0 Å². The van der Waals surface area contributed by atoms with E-state index >= 15 is 0 Å². The van der Waals surface area contributed by atoms with Gasteiger partial charge in [-0.15, -0.1) is 0 Å². The van der Waals surface area contributed by atoms with Gasteiger partial charge in [0.15, 0.2) is 0 Å². The number of allylic oxidation sites excluding steroid dienone is 4. The fourth-order valence-corrected chi connectivity index (χ4v) is 2.60. The van der Waals surface area contributed by atoms with Crippen LogP contribution in [0.4, 0.5) is 0 Å². The summed E-state index contributed by atoms with van der Waals surface area (Å²) >= 11 is 0. The van der Waals surface area contributed by atoms with Crippen molar-refractivity contribution in [2.24, 2.45) is 5.92 Å². The normalized spacial score (nSPS) is 35.9. The number of hydrogen-bond donors (Lipinski definition) is 0. The summed E-state index contributed by atoms with van der Waals surface area (Å²) in [7, 11) is 0. The van der Waals surface area contributed by atoms with Crippen LogP contribution in [0.5, 0.6) is 0 Å². The van der Waals surface area contributed by atoms with Gasteiger partial charge < -0.3 is 0 Å². The third kappa shape index (κ3) is 1.48. The molecule has 0 aromatic carbocycles. The monoisotopic (exact) mass is 162 g/mol. The van der Waals surface area contributed by atoms with E-state index in [1.807, 2.05) is 0 Å². The summed E-state index contributed by atoms with van der Waals surface area (Å²) in [6.07, 6.45) is 13.1. The van der Waals surface area contributed by atoms with Gasteiger partial charge in [-0.3, -0.25) is 0 Å². The molecule has 1 fully saturated rings. The van der Waals surface area contributed by atoms with Crippen LogP contribution in [-0.4, -0.2) is 0 Å². The van der Waals surface area contributed by atoms with Crippen molar-refractivity contribution in [3.05, 3.63) is 23.3 Å². The molecule has 2 rings (SSSR count). The molecule has 2 aliphatic rings. The Bertz CT molecular complexity index is 220. The highest BCUT2D eigenvalue weighted by Crippen LogP contribution is 2.37. The smallest absolute Gasteiger partial charge is 0.0197 e. The molecule has 0 radical (unpaired) electrons. The molecule has 0 N–H and O–H groups in total. The van der Waals surface area contributed by atoms with Gasteiger partial charge >= 0.3 is 0 Å². The minimum absolute atomic E-state index is 0.954. The van der Waals surface area contributed by atoms with Gasteiger partial charge in [0.25, 0.3) is 0 Å². The number of hydrogen-bond acceptors (Lipinski definition) is 0. The lowest BCUT2D eigenvalue weighted by Crippen LogP contribution is -2.00. The summed E-state index contributed by atoms with van der Waals surface area (Å²) in [6.45, 7) is 2.29. The van der Waals surface area contributed by atoms with Crippen molar-refractivity contribution < 1.29 is 0 Å². The first-order valence-corrected chi connectivity index (χ1v) is 5.24. The zero-order chi connectivity index (χ0) is 8.39. The Morgan fingerprint density at radius 1 is 1.25 bits per heavy atom. The van der Waals surface area contributed by atoms with E-state index in [1.165, 1.54) is 38.5 Å². The summed E-state index contributed by atoms with van der Waals surface area (Å²) in [4.78, 5) is 0. The number of rotatable bonds is 0. The molecule has 0 saturated heterocycles. The quantitative estimate of drug-likeness (QED) is 0.507. The van der Waals surface area contributed by atoms with Gasteiger partial charge in [0.1, 0.15) is 0 Å². The second-order valence-corrected chi connectivity index (χ2v) is 4.13. The Morgan fingerprint density at radius 3 is 3.00 bits per heavy atom. The molecule has 0 heterocycles. The Kier molecular flexibility index (Phi) is 2.34. The fourth-order valence-electron chi connectivity index (χ4n) is 2.60. The molecule has 0 aromatic heterocycles. The summed E-state index contributed by atoms with van der Waals surface area (Å²) < 4.78 is 0. The van der Waals surface area contributed by atoms with E-state index in [0.717, 1.165) is 5.92 Å². The van der Waals surface area contributed by atoms with Crippen LogP contribution < -0.4 is 0 Å². The molecule has 0 spiro atoms. The number of fused-ring (bicyclic) bond motifs is 1. The molecule has 1 saturated carbocycles. The van der Waals surface area contributed by atoms with Crippen LogP contribution in [0.3, 0.4) is 0 Å². The van der Waals surface area contributed by atoms with E-state index in [4.69, 9.17) is 0 Å². The van der Waals surface area contributed by atoms with E-state index in [-0.39, 0.29) is 0 Å². The molecule has 0 aromatic rings. The molecule has 1 atom stereocenters. The summed E-state index contributed by atoms with van der Waals surface area (Å²) in [5.41, 5.74) is 3.34. The first-order chi connectivity index (χ1) is 5.88. The van der Waals surface area contributed by atoms with Crippen LogP contribution in [0.25, 0.3) is 0 Å². The van der Waals surface area contributed by atoms with E-state index in [9.17, 15) is 0 Å². The van der Waals surface area contributed by atoms with E-state index < -0.39 is 0 Å². The molecule has 0 amide bonds. The largest absolute Gasteiger partial charge is 0.0843 e. The van der Waals surface area contributed by atoms with Crippen LogP contribution in [-0.2, 0) is 0 Å². The molecule has 12 heavy (non-hydrogen) atoms. The third-order valence-corrected chi connectivity index (χ3v) is 3.29. The van der Waals surface area contributed by atoms with Crippen molar-refractivity contribution in [2.75, 3.05) is 0 Å². The predicted molar refractivity (Wildman–Crippen MR) is 53.0 cm³/mol. The predicted octanol–water partition coefficient (Wildman–Crippen LogP) is 3.84. The van der Waals surface area contributed by atoms with Crippen LogP contribution >= 0.6 is 0 Å². The van der Waals surface area contributed by atoms with Gasteiger partial charge in [0, 0.05) is 0 Å². The topological polar surface area (TPSA) is 0 Å². The van der Waals surface area contributed by atoms with Crippen molar-refractivity contribution in [1.82, 2.24) is 0 Å². The molecule has 0 aliphatic heterocycles. The summed E-state index contributed by atoms with van der Waals surface area (Å²) in [5.74, 6) is 0.954. The highest BCUT2D eigenvalue weighted by molar-refractivity contribution is 5.28. The lowest BCUT2D eigenvalue weighted by molar-refractivity contribution is 0.544. The maximum Gasteiger partial charge on any atom is -0.0197 e. The van der Waals surface area contributed by atoms with E-state index in [2.05, 4.69) is 19.1 Å². The molecule has 0 heteroatoms. The third-order valence-electron chi connectivity index (χ3n) is 3.29. The maximum absolute atomic E-state index is 2.34. The Labute approximate surface area is 75.4 Å². The van der Waals surface area contributed by atoms with Crippen molar-refractivity contribution in [2.45, 2.75) is 45.4 Å². The lowest BCUT2D eigenvalue weighted by Gasteiger charge is -2.15. The first kappa shape index (κ1) is 8.10. The van der Waals surface area contributed by atoms with Crippen molar-refractivity contribution in [3.8, 4) is 0 Å². The average Bonchev–Trinajstić information content (AvgIpc) is 2.47. The standard InChI is InChI=1S/C12H18/c1-10-6-3-2-4-7-11-8-5-9-12(10)11/h3,6,11H,2,4-5,7-9H2,1H3/b6-3?,12-10-. The Morgan fingerprint density at radius 2 is 2.08 bits per heavy atom. The van der Waals surface area contributed by atoms with Crippen LogP contribution in [0.15, 0.2) is 23.3 Å². The maximum atomic E-state index is 2.34. The fraction of sp³-hybridized carbons (Fsp3) is 0.667. The van der Waals surface area contributed by atoms with Crippen LogP contribution in [0, 0.1) is 5.92 Å².